The summed E-state index contributed by atoms with van der Waals surface area (Å²) < 4.78 is 5.02. The lowest BCUT2D eigenvalue weighted by Gasteiger charge is -2.18. The van der Waals surface area contributed by atoms with E-state index >= 15 is 0 Å². The van der Waals surface area contributed by atoms with Crippen LogP contribution in [0.2, 0.25) is 0 Å². The summed E-state index contributed by atoms with van der Waals surface area (Å²) in [6, 6.07) is 6.58. The molecule has 8 nitrogen and oxygen atoms in total. The van der Waals surface area contributed by atoms with Gasteiger partial charge in [-0.05, 0) is 26.3 Å². The number of rotatable bonds is 8. The fourth-order valence-electron chi connectivity index (χ4n) is 1.78. The maximum absolute atomic E-state index is 12.0. The van der Waals surface area contributed by atoms with Crippen molar-refractivity contribution in [3.05, 3.63) is 35.9 Å². The Morgan fingerprint density at radius 2 is 1.52 bits per heavy atom. The molecule has 3 N–H and O–H groups in total. The van der Waals surface area contributed by atoms with E-state index < -0.39 is 36.0 Å². The normalized spacial score (nSPS) is 13.7. The molecular weight excluding hydrogens is 326 g/mol. The summed E-state index contributed by atoms with van der Waals surface area (Å²) in [4.78, 5) is 45.8. The zero-order valence-corrected chi connectivity index (χ0v) is 14.4. The SMILES string of the molecule is C[C@H](NC(=O)OCc1ccccc1)C(=O)N[C@@H](C)C(=O)N[C@@H](C)[C]=O. The summed E-state index contributed by atoms with van der Waals surface area (Å²) in [6.45, 7) is 4.48. The maximum atomic E-state index is 12.0. The van der Waals surface area contributed by atoms with E-state index in [2.05, 4.69) is 16.0 Å². The molecule has 25 heavy (non-hydrogen) atoms. The highest BCUT2D eigenvalue weighted by atomic mass is 16.5. The molecule has 0 aromatic heterocycles. The second kappa shape index (κ2) is 10.1. The van der Waals surface area contributed by atoms with Crippen LogP contribution in [-0.4, -0.2) is 42.3 Å². The first-order valence-corrected chi connectivity index (χ1v) is 7.79. The first kappa shape index (κ1) is 20.1. The molecule has 0 aliphatic carbocycles. The van der Waals surface area contributed by atoms with Crippen LogP contribution in [0.4, 0.5) is 4.79 Å². The third-order valence-corrected chi connectivity index (χ3v) is 3.23. The minimum Gasteiger partial charge on any atom is -0.445 e. The van der Waals surface area contributed by atoms with E-state index in [9.17, 15) is 19.2 Å². The molecule has 0 aliphatic rings. The summed E-state index contributed by atoms with van der Waals surface area (Å²) in [7, 11) is 0. The van der Waals surface area contributed by atoms with Crippen LogP contribution in [0.5, 0.6) is 0 Å². The Hall–Kier alpha value is -2.90. The van der Waals surface area contributed by atoms with Gasteiger partial charge in [0.1, 0.15) is 18.7 Å². The van der Waals surface area contributed by atoms with Crippen LogP contribution in [0.15, 0.2) is 30.3 Å². The van der Waals surface area contributed by atoms with Gasteiger partial charge in [-0.25, -0.2) is 4.79 Å². The number of benzene rings is 1. The minimum atomic E-state index is -0.895. The Labute approximate surface area is 146 Å². The topological polar surface area (TPSA) is 114 Å². The average molecular weight is 348 g/mol. The quantitative estimate of drug-likeness (QED) is 0.630. The van der Waals surface area contributed by atoms with Crippen molar-refractivity contribution >= 4 is 24.2 Å². The Morgan fingerprint density at radius 3 is 2.12 bits per heavy atom. The van der Waals surface area contributed by atoms with Crippen LogP contribution in [0.1, 0.15) is 26.3 Å². The van der Waals surface area contributed by atoms with Crippen LogP contribution in [0.3, 0.4) is 0 Å². The lowest BCUT2D eigenvalue weighted by atomic mass is 10.2. The van der Waals surface area contributed by atoms with Crippen molar-refractivity contribution in [3.8, 4) is 0 Å². The first-order chi connectivity index (χ1) is 11.8. The third-order valence-electron chi connectivity index (χ3n) is 3.23. The fourth-order valence-corrected chi connectivity index (χ4v) is 1.78. The van der Waals surface area contributed by atoms with Gasteiger partial charge in [-0.15, -0.1) is 0 Å². The highest BCUT2D eigenvalue weighted by Gasteiger charge is 2.22. The maximum Gasteiger partial charge on any atom is 0.408 e. The Bertz CT molecular complexity index is 606. The molecule has 1 aromatic rings. The van der Waals surface area contributed by atoms with Gasteiger partial charge < -0.3 is 20.7 Å². The van der Waals surface area contributed by atoms with Gasteiger partial charge in [0.2, 0.25) is 18.1 Å². The number of amides is 3. The summed E-state index contributed by atoms with van der Waals surface area (Å²) in [5.41, 5.74) is 0.821. The second-order valence-electron chi connectivity index (χ2n) is 5.51. The van der Waals surface area contributed by atoms with Crippen molar-refractivity contribution < 1.29 is 23.9 Å². The number of nitrogens with one attached hydrogen (secondary N) is 3. The van der Waals surface area contributed by atoms with Crippen LogP contribution >= 0.6 is 0 Å². The van der Waals surface area contributed by atoms with Crippen molar-refractivity contribution in [1.29, 1.82) is 0 Å². The molecule has 0 aliphatic heterocycles. The van der Waals surface area contributed by atoms with Crippen LogP contribution in [0, 0.1) is 0 Å². The third kappa shape index (κ3) is 7.47. The molecule has 0 saturated heterocycles. The van der Waals surface area contributed by atoms with Gasteiger partial charge in [0.15, 0.2) is 0 Å². The Kier molecular flexibility index (Phi) is 8.11. The van der Waals surface area contributed by atoms with Gasteiger partial charge in [0.25, 0.3) is 0 Å². The number of hydrogen-bond acceptors (Lipinski definition) is 5. The van der Waals surface area contributed by atoms with E-state index in [1.54, 1.807) is 6.29 Å². The second-order valence-corrected chi connectivity index (χ2v) is 5.51. The predicted molar refractivity (Wildman–Crippen MR) is 90.1 cm³/mol. The zero-order chi connectivity index (χ0) is 18.8. The molecule has 8 heteroatoms. The molecule has 3 amide bonds. The lowest BCUT2D eigenvalue weighted by molar-refractivity contribution is -0.129. The van der Waals surface area contributed by atoms with Crippen LogP contribution < -0.4 is 16.0 Å². The largest absolute Gasteiger partial charge is 0.445 e. The molecule has 3 atom stereocenters. The standard InChI is InChI=1S/C17H22N3O5/c1-11(9-21)18-15(22)12(2)19-16(23)13(3)20-17(24)25-10-14-7-5-4-6-8-14/h4-8,11-13H,10H2,1-3H3,(H,18,22)(H,19,23)(H,20,24)/t11-,12-,13-/m0/s1. The van der Waals surface area contributed by atoms with Crippen molar-refractivity contribution in [2.45, 2.75) is 45.5 Å². The molecule has 0 heterocycles. The van der Waals surface area contributed by atoms with Gasteiger partial charge in [0, 0.05) is 0 Å². The molecule has 0 bridgehead atoms. The van der Waals surface area contributed by atoms with Crippen molar-refractivity contribution in [2.24, 2.45) is 0 Å². The molecule has 1 aromatic carbocycles. The summed E-state index contributed by atoms with van der Waals surface area (Å²) in [6.07, 6.45) is 0.869. The number of ether oxygens (including phenoxy) is 1. The van der Waals surface area contributed by atoms with E-state index in [0.29, 0.717) is 0 Å². The van der Waals surface area contributed by atoms with E-state index in [1.165, 1.54) is 20.8 Å². The van der Waals surface area contributed by atoms with E-state index in [-0.39, 0.29) is 6.61 Å². The molecular formula is C17H22N3O5. The highest BCUT2D eigenvalue weighted by Crippen LogP contribution is 2.00. The molecule has 1 radical (unpaired) electrons. The van der Waals surface area contributed by atoms with E-state index in [1.807, 2.05) is 30.3 Å². The zero-order valence-electron chi connectivity index (χ0n) is 14.4. The lowest BCUT2D eigenvalue weighted by Crippen LogP contribution is -2.52. The number of hydrogen-bond donors (Lipinski definition) is 3. The fraction of sp³-hybridized carbons (Fsp3) is 0.412. The smallest absolute Gasteiger partial charge is 0.408 e. The Balaban J connectivity index is 2.38. The van der Waals surface area contributed by atoms with Gasteiger partial charge in [-0.3, -0.25) is 14.4 Å². The molecule has 0 unspecified atom stereocenters. The average Bonchev–Trinajstić information content (AvgIpc) is 2.60. The van der Waals surface area contributed by atoms with E-state index in [0.717, 1.165) is 5.56 Å². The van der Waals surface area contributed by atoms with Gasteiger partial charge in [-0.2, -0.15) is 0 Å². The van der Waals surface area contributed by atoms with Crippen molar-refractivity contribution in [3.63, 3.8) is 0 Å². The Morgan fingerprint density at radius 1 is 0.960 bits per heavy atom. The van der Waals surface area contributed by atoms with Crippen molar-refractivity contribution in [2.75, 3.05) is 0 Å². The van der Waals surface area contributed by atoms with Gasteiger partial charge in [0.05, 0.1) is 6.04 Å². The number of carbonyl (C=O) groups excluding carboxylic acids is 4. The van der Waals surface area contributed by atoms with Gasteiger partial charge in [-0.1, -0.05) is 30.3 Å². The molecule has 135 valence electrons. The summed E-state index contributed by atoms with van der Waals surface area (Å²) >= 11 is 0. The molecule has 0 fully saturated rings. The van der Waals surface area contributed by atoms with Crippen molar-refractivity contribution in [1.82, 2.24) is 16.0 Å². The van der Waals surface area contributed by atoms with Crippen LogP contribution in [-0.2, 0) is 25.7 Å². The summed E-state index contributed by atoms with van der Waals surface area (Å²) in [5, 5.41) is 7.18. The van der Waals surface area contributed by atoms with Crippen LogP contribution in [0.25, 0.3) is 0 Å². The van der Waals surface area contributed by atoms with E-state index in [4.69, 9.17) is 4.74 Å². The first-order valence-electron chi connectivity index (χ1n) is 7.79. The monoisotopic (exact) mass is 348 g/mol. The number of alkyl carbamates (subject to hydrolysis) is 1. The summed E-state index contributed by atoms with van der Waals surface area (Å²) in [5.74, 6) is -1.08. The van der Waals surface area contributed by atoms with Gasteiger partial charge >= 0.3 is 6.09 Å². The number of carbonyl (C=O) groups is 3. The molecule has 0 spiro atoms. The highest BCUT2D eigenvalue weighted by molar-refractivity contribution is 5.91. The minimum absolute atomic E-state index is 0.0832. The molecule has 1 rings (SSSR count). The predicted octanol–water partition coefficient (Wildman–Crippen LogP) is 0.420. The molecule has 0 saturated carbocycles.